The molecule has 1 atom stereocenters. The Bertz CT molecular complexity index is 1190. The number of thiazole rings is 1. The van der Waals surface area contributed by atoms with Crippen molar-refractivity contribution >= 4 is 33.2 Å². The van der Waals surface area contributed by atoms with Crippen molar-refractivity contribution in [2.75, 3.05) is 6.61 Å². The number of carbonyl (C=O) groups is 1. The molecule has 4 rings (SSSR count). The quantitative estimate of drug-likeness (QED) is 0.571. The summed E-state index contributed by atoms with van der Waals surface area (Å²) in [5.41, 5.74) is 0.231. The maximum absolute atomic E-state index is 12.6. The molecule has 0 aliphatic carbocycles. The summed E-state index contributed by atoms with van der Waals surface area (Å²) in [6.45, 7) is 4.23. The van der Waals surface area contributed by atoms with E-state index < -0.39 is 17.5 Å². The minimum atomic E-state index is -0.494. The number of fused-ring (bicyclic) bond motifs is 2. The van der Waals surface area contributed by atoms with E-state index in [-0.39, 0.29) is 5.56 Å². The van der Waals surface area contributed by atoms with Crippen molar-refractivity contribution in [3.63, 3.8) is 0 Å². The van der Waals surface area contributed by atoms with Gasteiger partial charge in [-0.05, 0) is 26.0 Å². The fourth-order valence-corrected chi connectivity index (χ4v) is 3.54. The number of benzene rings is 1. The van der Waals surface area contributed by atoms with Gasteiger partial charge in [-0.2, -0.15) is 0 Å². The van der Waals surface area contributed by atoms with E-state index in [4.69, 9.17) is 9.15 Å². The van der Waals surface area contributed by atoms with Crippen molar-refractivity contribution < 1.29 is 13.9 Å². The fraction of sp³-hybridized carbons (Fsp3) is 0.211. The maximum Gasteiger partial charge on any atom is 0.271 e. The molecule has 3 heterocycles. The van der Waals surface area contributed by atoms with Gasteiger partial charge in [-0.1, -0.05) is 12.1 Å². The summed E-state index contributed by atoms with van der Waals surface area (Å²) in [6, 6.07) is 7.07. The Morgan fingerprint density at radius 2 is 2.30 bits per heavy atom. The Kier molecular flexibility index (Phi) is 4.41. The van der Waals surface area contributed by atoms with Crippen LogP contribution in [-0.2, 0) is 0 Å². The summed E-state index contributed by atoms with van der Waals surface area (Å²) >= 11 is 1.33. The number of hydrogen-bond donors (Lipinski definition) is 1. The number of para-hydroxylation sites is 1. The largest absolute Gasteiger partial charge is 0.490 e. The molecule has 0 aliphatic rings. The summed E-state index contributed by atoms with van der Waals surface area (Å²) in [6.07, 6.45) is 2.91. The number of aromatic nitrogens is 2. The summed E-state index contributed by atoms with van der Waals surface area (Å²) in [5.74, 6) is 0.742. The second-order valence-electron chi connectivity index (χ2n) is 5.98. The first-order chi connectivity index (χ1) is 13.1. The highest BCUT2D eigenvalue weighted by Gasteiger charge is 2.20. The molecule has 0 spiro atoms. The van der Waals surface area contributed by atoms with E-state index in [2.05, 4.69) is 10.3 Å². The van der Waals surface area contributed by atoms with Crippen LogP contribution in [0.5, 0.6) is 5.75 Å². The van der Waals surface area contributed by atoms with E-state index in [1.807, 2.05) is 31.2 Å². The normalized spacial score (nSPS) is 12.4. The van der Waals surface area contributed by atoms with Crippen molar-refractivity contribution in [2.24, 2.45) is 0 Å². The van der Waals surface area contributed by atoms with Gasteiger partial charge < -0.3 is 14.5 Å². The predicted octanol–water partition coefficient (Wildman–Crippen LogP) is 3.39. The number of amides is 1. The molecule has 7 nitrogen and oxygen atoms in total. The predicted molar refractivity (Wildman–Crippen MR) is 103 cm³/mol. The lowest BCUT2D eigenvalue weighted by atomic mass is 10.2. The van der Waals surface area contributed by atoms with Crippen molar-refractivity contribution in [1.29, 1.82) is 0 Å². The first-order valence-corrected chi connectivity index (χ1v) is 9.37. The monoisotopic (exact) mass is 383 g/mol. The number of ether oxygens (including phenoxy) is 1. The number of nitrogens with one attached hydrogen (secondary N) is 1. The van der Waals surface area contributed by atoms with Gasteiger partial charge in [0.25, 0.3) is 11.5 Å². The summed E-state index contributed by atoms with van der Waals surface area (Å²) in [5, 5.41) is 5.44. The molecular weight excluding hydrogens is 366 g/mol. The van der Waals surface area contributed by atoms with Gasteiger partial charge in [0.15, 0.2) is 16.3 Å². The van der Waals surface area contributed by atoms with E-state index in [9.17, 15) is 9.59 Å². The van der Waals surface area contributed by atoms with Crippen molar-refractivity contribution in [3.05, 3.63) is 63.7 Å². The molecule has 0 radical (unpaired) electrons. The van der Waals surface area contributed by atoms with E-state index in [0.717, 1.165) is 5.39 Å². The van der Waals surface area contributed by atoms with Crippen LogP contribution in [0.3, 0.4) is 0 Å². The molecule has 1 aromatic carbocycles. The minimum absolute atomic E-state index is 0.0103. The Labute approximate surface area is 158 Å². The van der Waals surface area contributed by atoms with Crippen LogP contribution < -0.4 is 15.6 Å². The molecule has 138 valence electrons. The first-order valence-electron chi connectivity index (χ1n) is 8.49. The van der Waals surface area contributed by atoms with Crippen molar-refractivity contribution in [1.82, 2.24) is 14.7 Å². The SMILES string of the molecule is CCOc1cccc2cc(C(C)NC(=O)c3cnc4sccn4c3=O)oc12. The summed E-state index contributed by atoms with van der Waals surface area (Å²) < 4.78 is 12.8. The van der Waals surface area contributed by atoms with Crippen molar-refractivity contribution in [3.8, 4) is 5.75 Å². The zero-order valence-corrected chi connectivity index (χ0v) is 15.6. The summed E-state index contributed by atoms with van der Waals surface area (Å²) in [7, 11) is 0. The Morgan fingerprint density at radius 3 is 3.11 bits per heavy atom. The minimum Gasteiger partial charge on any atom is -0.490 e. The second-order valence-corrected chi connectivity index (χ2v) is 6.86. The van der Waals surface area contributed by atoms with Gasteiger partial charge in [0, 0.05) is 23.2 Å². The zero-order valence-electron chi connectivity index (χ0n) is 14.8. The number of hydrogen-bond acceptors (Lipinski definition) is 6. The van der Waals surface area contributed by atoms with Crippen LogP contribution in [0.25, 0.3) is 15.9 Å². The molecule has 1 N–H and O–H groups in total. The number of carbonyl (C=O) groups excluding carboxylic acids is 1. The smallest absolute Gasteiger partial charge is 0.271 e. The van der Waals surface area contributed by atoms with Crippen LogP contribution in [-0.4, -0.2) is 21.9 Å². The maximum atomic E-state index is 12.6. The molecule has 1 unspecified atom stereocenters. The lowest BCUT2D eigenvalue weighted by Crippen LogP contribution is -2.32. The molecule has 4 aromatic rings. The third kappa shape index (κ3) is 3.08. The lowest BCUT2D eigenvalue weighted by Gasteiger charge is -2.11. The number of nitrogens with zero attached hydrogens (tertiary/aromatic N) is 2. The van der Waals surface area contributed by atoms with Crippen LogP contribution >= 0.6 is 11.3 Å². The second kappa shape index (κ2) is 6.88. The molecule has 1 amide bonds. The van der Waals surface area contributed by atoms with Crippen LogP contribution in [0.15, 0.2) is 51.3 Å². The lowest BCUT2D eigenvalue weighted by molar-refractivity contribution is 0.0933. The van der Waals surface area contributed by atoms with Crippen LogP contribution in [0.2, 0.25) is 0 Å². The van der Waals surface area contributed by atoms with Gasteiger partial charge in [0.2, 0.25) is 0 Å². The van der Waals surface area contributed by atoms with E-state index >= 15 is 0 Å². The highest BCUT2D eigenvalue weighted by molar-refractivity contribution is 7.15. The zero-order chi connectivity index (χ0) is 19.0. The number of rotatable bonds is 5. The molecule has 0 aliphatic heterocycles. The van der Waals surface area contributed by atoms with Crippen molar-refractivity contribution in [2.45, 2.75) is 19.9 Å². The average molecular weight is 383 g/mol. The first kappa shape index (κ1) is 17.3. The third-order valence-corrected chi connectivity index (χ3v) is 4.96. The standard InChI is InChI=1S/C19H17N3O4S/c1-3-25-14-6-4-5-12-9-15(26-16(12)14)11(2)21-17(23)13-10-20-19-22(18(13)24)7-8-27-19/h4-11H,3H2,1-2H3,(H,21,23). The Balaban J connectivity index is 1.61. The van der Waals surface area contributed by atoms with Gasteiger partial charge in [-0.25, -0.2) is 4.98 Å². The molecule has 0 saturated heterocycles. The molecule has 3 aromatic heterocycles. The van der Waals surface area contributed by atoms with E-state index in [0.29, 0.717) is 28.7 Å². The van der Waals surface area contributed by atoms with E-state index in [1.54, 1.807) is 18.5 Å². The van der Waals surface area contributed by atoms with E-state index in [1.165, 1.54) is 21.9 Å². The molecule has 8 heteroatoms. The van der Waals surface area contributed by atoms with Crippen LogP contribution in [0.1, 0.15) is 36.0 Å². The van der Waals surface area contributed by atoms with Gasteiger partial charge in [0.1, 0.15) is 11.3 Å². The molecule has 0 fully saturated rings. The van der Waals surface area contributed by atoms with Gasteiger partial charge >= 0.3 is 0 Å². The Morgan fingerprint density at radius 1 is 1.44 bits per heavy atom. The number of furan rings is 1. The van der Waals surface area contributed by atoms with Gasteiger partial charge in [-0.15, -0.1) is 11.3 Å². The average Bonchev–Trinajstić information content (AvgIpc) is 3.29. The topological polar surface area (TPSA) is 85.8 Å². The Hall–Kier alpha value is -3.13. The highest BCUT2D eigenvalue weighted by Crippen LogP contribution is 2.31. The fourth-order valence-electron chi connectivity index (χ4n) is 2.86. The van der Waals surface area contributed by atoms with Gasteiger partial charge in [-0.3, -0.25) is 14.0 Å². The molecule has 27 heavy (non-hydrogen) atoms. The van der Waals surface area contributed by atoms with Gasteiger partial charge in [0.05, 0.1) is 12.6 Å². The molecule has 0 saturated carbocycles. The van der Waals surface area contributed by atoms with Crippen LogP contribution in [0.4, 0.5) is 0 Å². The molecular formula is C19H17N3O4S. The summed E-state index contributed by atoms with van der Waals surface area (Å²) in [4.78, 5) is 29.7. The highest BCUT2D eigenvalue weighted by atomic mass is 32.1. The van der Waals surface area contributed by atoms with Crippen LogP contribution in [0, 0.1) is 0 Å². The third-order valence-electron chi connectivity index (χ3n) is 4.19. The molecule has 0 bridgehead atoms.